The highest BCUT2D eigenvalue weighted by molar-refractivity contribution is 6.27. The first kappa shape index (κ1) is 10.9. The molecule has 0 saturated heterocycles. The third kappa shape index (κ3) is 2.91. The van der Waals surface area contributed by atoms with Gasteiger partial charge < -0.3 is 5.11 Å². The van der Waals surface area contributed by atoms with Crippen molar-refractivity contribution in [2.24, 2.45) is 5.10 Å². The van der Waals surface area contributed by atoms with Gasteiger partial charge in [-0.3, -0.25) is 10.2 Å². The Morgan fingerprint density at radius 2 is 2.13 bits per heavy atom. The van der Waals surface area contributed by atoms with E-state index in [2.05, 4.69) is 10.5 Å². The van der Waals surface area contributed by atoms with Gasteiger partial charge >= 0.3 is 5.97 Å². The van der Waals surface area contributed by atoms with Gasteiger partial charge in [0.05, 0.1) is 17.0 Å². The van der Waals surface area contributed by atoms with E-state index in [4.69, 9.17) is 5.11 Å². The number of carbonyl (C=O) groups is 2. The van der Waals surface area contributed by atoms with Gasteiger partial charge in [0.1, 0.15) is 0 Å². The summed E-state index contributed by atoms with van der Waals surface area (Å²) in [6.07, 6.45) is 0.580. The summed E-state index contributed by atoms with van der Waals surface area (Å²) in [7, 11) is 0. The molecule has 0 aliphatic heterocycles. The fourth-order valence-electron chi connectivity index (χ4n) is 0.942. The smallest absolute Gasteiger partial charge is 0.337 e. The molecule has 15 heavy (non-hydrogen) atoms. The van der Waals surface area contributed by atoms with E-state index in [9.17, 15) is 9.59 Å². The molecule has 0 aliphatic rings. The van der Waals surface area contributed by atoms with Crippen molar-refractivity contribution in [2.75, 3.05) is 5.43 Å². The van der Waals surface area contributed by atoms with Crippen LogP contribution in [-0.2, 0) is 4.79 Å². The quantitative estimate of drug-likeness (QED) is 0.443. The lowest BCUT2D eigenvalue weighted by Gasteiger charge is -2.04. The number of benzene rings is 1. The van der Waals surface area contributed by atoms with Gasteiger partial charge in [-0.05, 0) is 19.1 Å². The second kappa shape index (κ2) is 4.90. The van der Waals surface area contributed by atoms with E-state index in [1.807, 2.05) is 0 Å². The van der Waals surface area contributed by atoms with E-state index in [-0.39, 0.29) is 11.3 Å². The number of nitrogens with zero attached hydrogens (tertiary/aromatic N) is 1. The summed E-state index contributed by atoms with van der Waals surface area (Å²) in [4.78, 5) is 21.0. The lowest BCUT2D eigenvalue weighted by atomic mass is 10.2. The lowest BCUT2D eigenvalue weighted by Crippen LogP contribution is -2.04. The van der Waals surface area contributed by atoms with Gasteiger partial charge in [0.25, 0.3) is 0 Å². The number of anilines is 1. The monoisotopic (exact) mass is 206 g/mol. The molecule has 2 N–H and O–H groups in total. The van der Waals surface area contributed by atoms with Gasteiger partial charge in [0.2, 0.25) is 0 Å². The number of rotatable bonds is 4. The fourth-order valence-corrected chi connectivity index (χ4v) is 0.942. The summed E-state index contributed by atoms with van der Waals surface area (Å²) < 4.78 is 0. The van der Waals surface area contributed by atoms with Crippen LogP contribution < -0.4 is 5.43 Å². The molecule has 0 heterocycles. The van der Waals surface area contributed by atoms with Gasteiger partial charge in [0, 0.05) is 0 Å². The molecule has 0 radical (unpaired) electrons. The summed E-state index contributed by atoms with van der Waals surface area (Å²) in [5.41, 5.74) is 3.23. The summed E-state index contributed by atoms with van der Waals surface area (Å²) in [6, 6.07) is 6.33. The van der Waals surface area contributed by atoms with Crippen molar-refractivity contribution < 1.29 is 14.7 Å². The molecule has 0 aromatic heterocycles. The van der Waals surface area contributed by atoms with Crippen LogP contribution in [0.5, 0.6) is 0 Å². The molecule has 1 aromatic rings. The highest BCUT2D eigenvalue weighted by Gasteiger charge is 2.07. The molecule has 5 nitrogen and oxygen atoms in total. The zero-order valence-corrected chi connectivity index (χ0v) is 8.10. The molecular weight excluding hydrogens is 196 g/mol. The normalized spacial score (nSPS) is 10.9. The van der Waals surface area contributed by atoms with Crippen LogP contribution >= 0.6 is 0 Å². The number of hydrogen-bond donors (Lipinski definition) is 2. The molecule has 0 unspecified atom stereocenters. The van der Waals surface area contributed by atoms with Gasteiger partial charge in [-0.1, -0.05) is 12.1 Å². The standard InChI is InChI=1S/C10H10N2O3/c1-7(6-13)11-12-9-5-3-2-4-8(9)10(14)15/h2-6,12H,1H3,(H,14,15). The molecule has 0 amide bonds. The molecule has 0 saturated carbocycles. The number of aromatic carboxylic acids is 1. The molecule has 1 aromatic carbocycles. The van der Waals surface area contributed by atoms with Crippen molar-refractivity contribution in [2.45, 2.75) is 6.92 Å². The summed E-state index contributed by atoms with van der Waals surface area (Å²) >= 11 is 0. The summed E-state index contributed by atoms with van der Waals surface area (Å²) in [5, 5.41) is 12.5. The maximum atomic E-state index is 10.8. The average molecular weight is 206 g/mol. The second-order valence-corrected chi connectivity index (χ2v) is 2.83. The van der Waals surface area contributed by atoms with Crippen molar-refractivity contribution in [1.82, 2.24) is 0 Å². The number of nitrogens with one attached hydrogen (secondary N) is 1. The van der Waals surface area contributed by atoms with Crippen LogP contribution in [0.15, 0.2) is 29.4 Å². The Morgan fingerprint density at radius 3 is 2.73 bits per heavy atom. The fraction of sp³-hybridized carbons (Fsp3) is 0.100. The van der Waals surface area contributed by atoms with Gasteiger partial charge in [-0.2, -0.15) is 5.10 Å². The van der Waals surface area contributed by atoms with Crippen molar-refractivity contribution in [3.8, 4) is 0 Å². The minimum Gasteiger partial charge on any atom is -0.478 e. The van der Waals surface area contributed by atoms with E-state index >= 15 is 0 Å². The Bertz CT molecular complexity index is 413. The highest BCUT2D eigenvalue weighted by atomic mass is 16.4. The maximum Gasteiger partial charge on any atom is 0.337 e. The number of carbonyl (C=O) groups excluding carboxylic acids is 1. The molecule has 0 atom stereocenters. The van der Waals surface area contributed by atoms with E-state index in [0.29, 0.717) is 12.0 Å². The Kier molecular flexibility index (Phi) is 3.56. The van der Waals surface area contributed by atoms with Crippen LogP contribution in [0.1, 0.15) is 17.3 Å². The number of para-hydroxylation sites is 1. The molecule has 0 bridgehead atoms. The zero-order chi connectivity index (χ0) is 11.3. The van der Waals surface area contributed by atoms with Crippen LogP contribution in [0, 0.1) is 0 Å². The first-order valence-corrected chi connectivity index (χ1v) is 4.23. The first-order chi connectivity index (χ1) is 7.15. The molecular formula is C10H10N2O3. The predicted molar refractivity (Wildman–Crippen MR) is 56.2 cm³/mol. The summed E-state index contributed by atoms with van der Waals surface area (Å²) in [6.45, 7) is 1.52. The van der Waals surface area contributed by atoms with Gasteiger partial charge in [-0.15, -0.1) is 0 Å². The Labute approximate surface area is 86.4 Å². The third-order valence-electron chi connectivity index (χ3n) is 1.68. The topological polar surface area (TPSA) is 78.8 Å². The van der Waals surface area contributed by atoms with E-state index in [1.165, 1.54) is 13.0 Å². The first-order valence-electron chi connectivity index (χ1n) is 4.23. The highest BCUT2D eigenvalue weighted by Crippen LogP contribution is 2.14. The second-order valence-electron chi connectivity index (χ2n) is 2.83. The Morgan fingerprint density at radius 1 is 1.47 bits per heavy atom. The molecule has 5 heteroatoms. The number of hydrogen-bond acceptors (Lipinski definition) is 4. The molecule has 0 spiro atoms. The lowest BCUT2D eigenvalue weighted by molar-refractivity contribution is -0.102. The molecule has 0 aliphatic carbocycles. The predicted octanol–water partition coefficient (Wildman–Crippen LogP) is 1.37. The number of aldehydes is 1. The van der Waals surface area contributed by atoms with Crippen LogP contribution in [-0.4, -0.2) is 23.1 Å². The minimum atomic E-state index is -1.04. The molecule has 0 fully saturated rings. The van der Waals surface area contributed by atoms with E-state index < -0.39 is 5.97 Å². The van der Waals surface area contributed by atoms with E-state index in [0.717, 1.165) is 0 Å². The summed E-state index contributed by atoms with van der Waals surface area (Å²) in [5.74, 6) is -1.04. The van der Waals surface area contributed by atoms with Crippen LogP contribution in [0.25, 0.3) is 0 Å². The Hall–Kier alpha value is -2.17. The largest absolute Gasteiger partial charge is 0.478 e. The SMILES string of the molecule is CC(C=O)=NNc1ccccc1C(=O)O. The number of carboxylic acid groups (broad SMARTS) is 1. The van der Waals surface area contributed by atoms with Crippen LogP contribution in [0.2, 0.25) is 0 Å². The van der Waals surface area contributed by atoms with Crippen molar-refractivity contribution in [3.63, 3.8) is 0 Å². The maximum absolute atomic E-state index is 10.8. The van der Waals surface area contributed by atoms with Crippen LogP contribution in [0.4, 0.5) is 5.69 Å². The third-order valence-corrected chi connectivity index (χ3v) is 1.68. The van der Waals surface area contributed by atoms with Crippen molar-refractivity contribution in [3.05, 3.63) is 29.8 Å². The Balaban J connectivity index is 2.94. The number of carboxylic acids is 1. The van der Waals surface area contributed by atoms with Crippen molar-refractivity contribution in [1.29, 1.82) is 0 Å². The van der Waals surface area contributed by atoms with Crippen LogP contribution in [0.3, 0.4) is 0 Å². The zero-order valence-electron chi connectivity index (χ0n) is 8.10. The minimum absolute atomic E-state index is 0.111. The van der Waals surface area contributed by atoms with Crippen molar-refractivity contribution >= 4 is 23.7 Å². The average Bonchev–Trinajstić information content (AvgIpc) is 2.26. The number of hydrazone groups is 1. The van der Waals surface area contributed by atoms with Gasteiger partial charge in [-0.25, -0.2) is 4.79 Å². The molecule has 1 rings (SSSR count). The molecule has 78 valence electrons. The van der Waals surface area contributed by atoms with E-state index in [1.54, 1.807) is 18.2 Å². The van der Waals surface area contributed by atoms with Gasteiger partial charge in [0.15, 0.2) is 6.29 Å².